The molecule has 0 aliphatic heterocycles. The summed E-state index contributed by atoms with van der Waals surface area (Å²) in [7, 11) is 3.08. The highest BCUT2D eigenvalue weighted by Gasteiger charge is 2.08. The van der Waals surface area contributed by atoms with Gasteiger partial charge in [-0.1, -0.05) is 0 Å². The van der Waals surface area contributed by atoms with Crippen LogP contribution in [0.1, 0.15) is 21.7 Å². The smallest absolute Gasteiger partial charge is 0.269 e. The highest BCUT2D eigenvalue weighted by molar-refractivity contribution is 5.92. The lowest BCUT2D eigenvalue weighted by Crippen LogP contribution is -2.20. The molecule has 1 heterocycles. The predicted molar refractivity (Wildman–Crippen MR) is 54.3 cm³/mol. The average molecular weight is 210 g/mol. The third kappa shape index (κ3) is 3.00. The minimum absolute atomic E-state index is 0.122. The van der Waals surface area contributed by atoms with Crippen molar-refractivity contribution in [3.63, 3.8) is 0 Å². The number of aliphatic hydroxyl groups excluding tert-OH is 1. The van der Waals surface area contributed by atoms with E-state index in [1.54, 1.807) is 19.2 Å². The van der Waals surface area contributed by atoms with Crippen LogP contribution in [-0.2, 0) is 18.0 Å². The number of rotatable bonds is 4. The van der Waals surface area contributed by atoms with Crippen LogP contribution in [0.2, 0.25) is 0 Å². The Morgan fingerprint density at radius 2 is 2.33 bits per heavy atom. The Kier molecular flexibility index (Phi) is 4.20. The van der Waals surface area contributed by atoms with Gasteiger partial charge in [0.25, 0.3) is 5.91 Å². The van der Waals surface area contributed by atoms with Crippen LogP contribution >= 0.6 is 0 Å². The lowest BCUT2D eigenvalue weighted by atomic mass is 10.2. The first-order valence-electron chi connectivity index (χ1n) is 4.53. The van der Waals surface area contributed by atoms with Crippen molar-refractivity contribution in [2.24, 2.45) is 0 Å². The molecule has 2 N–H and O–H groups in total. The number of hydrogen-bond donors (Lipinski definition) is 2. The molecule has 0 aromatic carbocycles. The van der Waals surface area contributed by atoms with Crippen molar-refractivity contribution in [3.05, 3.63) is 29.1 Å². The van der Waals surface area contributed by atoms with Crippen molar-refractivity contribution < 1.29 is 14.6 Å². The van der Waals surface area contributed by atoms with Crippen LogP contribution in [0, 0.1) is 0 Å². The van der Waals surface area contributed by atoms with Crippen LogP contribution in [0.5, 0.6) is 0 Å². The van der Waals surface area contributed by atoms with E-state index in [0.717, 1.165) is 0 Å². The van der Waals surface area contributed by atoms with E-state index in [1.165, 1.54) is 7.05 Å². The molecule has 82 valence electrons. The first-order valence-corrected chi connectivity index (χ1v) is 4.53. The Bertz CT molecular complexity index is 353. The van der Waals surface area contributed by atoms with Gasteiger partial charge in [-0.05, 0) is 17.7 Å². The number of carbonyl (C=O) groups is 1. The molecule has 0 aliphatic rings. The molecule has 15 heavy (non-hydrogen) atoms. The zero-order valence-corrected chi connectivity index (χ0v) is 8.78. The van der Waals surface area contributed by atoms with Crippen LogP contribution < -0.4 is 5.32 Å². The largest absolute Gasteiger partial charge is 0.392 e. The number of carbonyl (C=O) groups excluding carboxylic acids is 1. The highest BCUT2D eigenvalue weighted by Crippen LogP contribution is 2.07. The van der Waals surface area contributed by atoms with Gasteiger partial charge in [-0.2, -0.15) is 0 Å². The Balaban J connectivity index is 3.05. The Morgan fingerprint density at radius 3 is 2.87 bits per heavy atom. The molecule has 0 bridgehead atoms. The van der Waals surface area contributed by atoms with Gasteiger partial charge in [0.1, 0.15) is 5.69 Å². The fourth-order valence-electron chi connectivity index (χ4n) is 1.21. The van der Waals surface area contributed by atoms with E-state index < -0.39 is 0 Å². The number of aliphatic hydroxyl groups is 1. The summed E-state index contributed by atoms with van der Waals surface area (Å²) in [6, 6.07) is 3.26. The first kappa shape index (κ1) is 11.6. The fourth-order valence-corrected chi connectivity index (χ4v) is 1.21. The summed E-state index contributed by atoms with van der Waals surface area (Å²) in [5.74, 6) is -0.275. The van der Waals surface area contributed by atoms with Gasteiger partial charge >= 0.3 is 0 Å². The standard InChI is InChI=1S/C10H14N2O3/c1-11-10(14)9-4-7(5-13)3-8(12-9)6-15-2/h3-4,13H,5-6H2,1-2H3,(H,11,14). The van der Waals surface area contributed by atoms with Crippen LogP contribution in [0.3, 0.4) is 0 Å². The van der Waals surface area contributed by atoms with E-state index in [9.17, 15) is 4.79 Å². The summed E-state index contributed by atoms with van der Waals surface area (Å²) in [5.41, 5.74) is 1.56. The molecule has 0 radical (unpaired) electrons. The maximum absolute atomic E-state index is 11.3. The fraction of sp³-hybridized carbons (Fsp3) is 0.400. The molecule has 0 saturated carbocycles. The van der Waals surface area contributed by atoms with Crippen LogP contribution in [0.25, 0.3) is 0 Å². The molecular weight excluding hydrogens is 196 g/mol. The van der Waals surface area contributed by atoms with Crippen LogP contribution in [0.15, 0.2) is 12.1 Å². The van der Waals surface area contributed by atoms with Gasteiger partial charge in [0, 0.05) is 14.2 Å². The molecule has 0 fully saturated rings. The number of pyridine rings is 1. The maximum atomic E-state index is 11.3. The molecule has 0 saturated heterocycles. The van der Waals surface area contributed by atoms with Gasteiger partial charge in [0.15, 0.2) is 0 Å². The van der Waals surface area contributed by atoms with Crippen LogP contribution in [-0.4, -0.2) is 30.2 Å². The zero-order valence-electron chi connectivity index (χ0n) is 8.78. The second-order valence-electron chi connectivity index (χ2n) is 3.02. The maximum Gasteiger partial charge on any atom is 0.269 e. The molecule has 5 nitrogen and oxygen atoms in total. The summed E-state index contributed by atoms with van der Waals surface area (Å²) in [4.78, 5) is 15.4. The monoisotopic (exact) mass is 210 g/mol. The topological polar surface area (TPSA) is 71.5 Å². The highest BCUT2D eigenvalue weighted by atomic mass is 16.5. The zero-order chi connectivity index (χ0) is 11.3. The predicted octanol–water partition coefficient (Wildman–Crippen LogP) is 0.0799. The number of nitrogens with one attached hydrogen (secondary N) is 1. The lowest BCUT2D eigenvalue weighted by molar-refractivity contribution is 0.0957. The minimum Gasteiger partial charge on any atom is -0.392 e. The van der Waals surface area contributed by atoms with Gasteiger partial charge < -0.3 is 15.2 Å². The normalized spacial score (nSPS) is 10.1. The minimum atomic E-state index is -0.275. The van der Waals surface area contributed by atoms with Crippen molar-refractivity contribution in [2.75, 3.05) is 14.2 Å². The number of ether oxygens (including phenoxy) is 1. The molecule has 0 spiro atoms. The van der Waals surface area contributed by atoms with Gasteiger partial charge in [-0.15, -0.1) is 0 Å². The van der Waals surface area contributed by atoms with Crippen molar-refractivity contribution >= 4 is 5.91 Å². The van der Waals surface area contributed by atoms with E-state index in [-0.39, 0.29) is 18.2 Å². The average Bonchev–Trinajstić information content (AvgIpc) is 2.28. The molecule has 5 heteroatoms. The molecule has 1 amide bonds. The van der Waals surface area contributed by atoms with E-state index in [2.05, 4.69) is 10.3 Å². The van der Waals surface area contributed by atoms with Gasteiger partial charge in [0.05, 0.1) is 18.9 Å². The van der Waals surface area contributed by atoms with E-state index >= 15 is 0 Å². The quantitative estimate of drug-likeness (QED) is 0.738. The molecule has 1 aromatic rings. The van der Waals surface area contributed by atoms with E-state index in [4.69, 9.17) is 9.84 Å². The van der Waals surface area contributed by atoms with E-state index in [1.807, 2.05) is 0 Å². The molecule has 0 aliphatic carbocycles. The SMILES string of the molecule is CNC(=O)c1cc(CO)cc(COC)n1. The second-order valence-corrected chi connectivity index (χ2v) is 3.02. The number of amides is 1. The molecule has 1 rings (SSSR count). The summed E-state index contributed by atoms with van der Waals surface area (Å²) in [6.45, 7) is 0.195. The van der Waals surface area contributed by atoms with Gasteiger partial charge in [-0.3, -0.25) is 4.79 Å². The lowest BCUT2D eigenvalue weighted by Gasteiger charge is -2.05. The van der Waals surface area contributed by atoms with Crippen molar-refractivity contribution in [2.45, 2.75) is 13.2 Å². The Morgan fingerprint density at radius 1 is 1.60 bits per heavy atom. The Labute approximate surface area is 88.1 Å². The summed E-state index contributed by atoms with van der Waals surface area (Å²) >= 11 is 0. The number of nitrogens with zero attached hydrogens (tertiary/aromatic N) is 1. The van der Waals surface area contributed by atoms with Crippen molar-refractivity contribution in [3.8, 4) is 0 Å². The Hall–Kier alpha value is -1.46. The third-order valence-corrected chi connectivity index (χ3v) is 1.87. The van der Waals surface area contributed by atoms with Crippen LogP contribution in [0.4, 0.5) is 0 Å². The number of aromatic nitrogens is 1. The molecule has 0 atom stereocenters. The number of methoxy groups -OCH3 is 1. The van der Waals surface area contributed by atoms with Gasteiger partial charge in [0.2, 0.25) is 0 Å². The van der Waals surface area contributed by atoms with Gasteiger partial charge in [-0.25, -0.2) is 4.98 Å². The number of hydrogen-bond acceptors (Lipinski definition) is 4. The molecular formula is C10H14N2O3. The third-order valence-electron chi connectivity index (χ3n) is 1.87. The molecule has 0 unspecified atom stereocenters. The van der Waals surface area contributed by atoms with Crippen molar-refractivity contribution in [1.82, 2.24) is 10.3 Å². The second kappa shape index (κ2) is 5.43. The molecule has 1 aromatic heterocycles. The summed E-state index contributed by atoms with van der Waals surface area (Å²) < 4.78 is 4.92. The van der Waals surface area contributed by atoms with Crippen molar-refractivity contribution in [1.29, 1.82) is 0 Å². The van der Waals surface area contributed by atoms with E-state index in [0.29, 0.717) is 17.9 Å². The first-order chi connectivity index (χ1) is 7.21. The summed E-state index contributed by atoms with van der Waals surface area (Å²) in [5, 5.41) is 11.5. The summed E-state index contributed by atoms with van der Waals surface area (Å²) in [6.07, 6.45) is 0.